The standard InChI is InChI=1S/C12H15NO.C10H12ClN/c1-13-12(14)11-7-6-9-4-2-3-5-10(9)8-11;1-12-5-4-8-6-10(11)3-2-9(8)7-12/h2-5,11H,6-8H2,1H3,(H,13,14);2-3,6H,4-5,7H2,1H3. The molecule has 1 N–H and O–H groups in total. The molecule has 1 atom stereocenters. The molecule has 0 saturated carbocycles. The first-order valence-electron chi connectivity index (χ1n) is 9.31. The normalized spacial score (nSPS) is 18.8. The Kier molecular flexibility index (Phi) is 6.33. The summed E-state index contributed by atoms with van der Waals surface area (Å²) in [5.41, 5.74) is 5.59. The Hall–Kier alpha value is -1.84. The fraction of sp³-hybridized carbons (Fsp3) is 0.409. The summed E-state index contributed by atoms with van der Waals surface area (Å²) in [6, 6.07) is 14.6. The van der Waals surface area contributed by atoms with E-state index in [0.717, 1.165) is 43.8 Å². The number of nitrogens with zero attached hydrogens (tertiary/aromatic N) is 1. The first-order valence-corrected chi connectivity index (χ1v) is 9.69. The first kappa shape index (κ1) is 18.9. The first-order chi connectivity index (χ1) is 12.6. The predicted octanol–water partition coefficient (Wildman–Crippen LogP) is 3.87. The largest absolute Gasteiger partial charge is 0.359 e. The molecule has 0 aromatic heterocycles. The van der Waals surface area contributed by atoms with E-state index in [2.05, 4.69) is 47.6 Å². The van der Waals surface area contributed by atoms with E-state index in [9.17, 15) is 4.79 Å². The van der Waals surface area contributed by atoms with Crippen molar-refractivity contribution in [2.24, 2.45) is 5.92 Å². The van der Waals surface area contributed by atoms with Gasteiger partial charge < -0.3 is 10.2 Å². The second kappa shape index (κ2) is 8.70. The Morgan fingerprint density at radius 3 is 2.62 bits per heavy atom. The molecule has 0 bridgehead atoms. The maximum absolute atomic E-state index is 11.5. The number of halogens is 1. The number of nitrogens with one attached hydrogen (secondary N) is 1. The Morgan fingerprint density at radius 2 is 1.85 bits per heavy atom. The van der Waals surface area contributed by atoms with Crippen LogP contribution in [-0.4, -0.2) is 31.4 Å². The van der Waals surface area contributed by atoms with Gasteiger partial charge in [-0.2, -0.15) is 0 Å². The molecule has 1 unspecified atom stereocenters. The molecule has 1 amide bonds. The molecule has 2 aromatic rings. The lowest BCUT2D eigenvalue weighted by molar-refractivity contribution is -0.124. The molecular formula is C22H27ClN2O. The van der Waals surface area contributed by atoms with Crippen LogP contribution >= 0.6 is 11.6 Å². The third kappa shape index (κ3) is 4.66. The van der Waals surface area contributed by atoms with Gasteiger partial charge in [-0.3, -0.25) is 4.79 Å². The fourth-order valence-electron chi connectivity index (χ4n) is 3.79. The fourth-order valence-corrected chi connectivity index (χ4v) is 3.98. The van der Waals surface area contributed by atoms with Gasteiger partial charge in [0.1, 0.15) is 0 Å². The van der Waals surface area contributed by atoms with Gasteiger partial charge in [-0.1, -0.05) is 41.9 Å². The average molecular weight is 371 g/mol. The highest BCUT2D eigenvalue weighted by Crippen LogP contribution is 2.25. The third-order valence-corrected chi connectivity index (χ3v) is 5.57. The SMILES string of the molecule is CN1CCc2cc(Cl)ccc2C1.CNC(=O)C1CCc2ccccc2C1. The molecule has 26 heavy (non-hydrogen) atoms. The molecule has 3 nitrogen and oxygen atoms in total. The van der Waals surface area contributed by atoms with Gasteiger partial charge in [-0.05, 0) is 67.1 Å². The number of amides is 1. The van der Waals surface area contributed by atoms with Crippen molar-refractivity contribution in [2.45, 2.75) is 32.2 Å². The summed E-state index contributed by atoms with van der Waals surface area (Å²) in [4.78, 5) is 13.8. The van der Waals surface area contributed by atoms with Crippen LogP contribution in [0.25, 0.3) is 0 Å². The molecule has 2 aliphatic rings. The van der Waals surface area contributed by atoms with Crippen LogP contribution in [-0.2, 0) is 30.6 Å². The van der Waals surface area contributed by atoms with E-state index in [1.54, 1.807) is 7.05 Å². The lowest BCUT2D eigenvalue weighted by atomic mass is 9.83. The van der Waals surface area contributed by atoms with Crippen LogP contribution in [0.1, 0.15) is 28.7 Å². The smallest absolute Gasteiger partial charge is 0.223 e. The average Bonchev–Trinajstić information content (AvgIpc) is 2.67. The lowest BCUT2D eigenvalue weighted by Gasteiger charge is -2.24. The molecular weight excluding hydrogens is 344 g/mol. The highest BCUT2D eigenvalue weighted by atomic mass is 35.5. The van der Waals surface area contributed by atoms with Crippen LogP contribution in [0.3, 0.4) is 0 Å². The van der Waals surface area contributed by atoms with Crippen molar-refractivity contribution in [3.8, 4) is 0 Å². The molecule has 1 heterocycles. The van der Waals surface area contributed by atoms with E-state index in [0.29, 0.717) is 0 Å². The molecule has 138 valence electrons. The summed E-state index contributed by atoms with van der Waals surface area (Å²) < 4.78 is 0. The highest BCUT2D eigenvalue weighted by molar-refractivity contribution is 6.30. The van der Waals surface area contributed by atoms with Crippen LogP contribution < -0.4 is 5.32 Å². The molecule has 1 aliphatic heterocycles. The number of carbonyl (C=O) groups is 1. The van der Waals surface area contributed by atoms with Gasteiger partial charge in [0.15, 0.2) is 0 Å². The zero-order valence-electron chi connectivity index (χ0n) is 15.6. The summed E-state index contributed by atoms with van der Waals surface area (Å²) in [7, 11) is 3.86. The second-order valence-electron chi connectivity index (χ2n) is 7.22. The van der Waals surface area contributed by atoms with Gasteiger partial charge in [0.05, 0.1) is 0 Å². The number of likely N-dealkylation sites (N-methyl/N-ethyl adjacent to an activating group) is 1. The lowest BCUT2D eigenvalue weighted by Crippen LogP contribution is -2.31. The Balaban J connectivity index is 0.000000152. The molecule has 0 radical (unpaired) electrons. The van der Waals surface area contributed by atoms with Crippen LogP contribution in [0.15, 0.2) is 42.5 Å². The minimum absolute atomic E-state index is 0.176. The molecule has 0 spiro atoms. The van der Waals surface area contributed by atoms with Crippen LogP contribution in [0.2, 0.25) is 5.02 Å². The van der Waals surface area contributed by atoms with Crippen molar-refractivity contribution in [3.63, 3.8) is 0 Å². The molecule has 1 aliphatic carbocycles. The monoisotopic (exact) mass is 370 g/mol. The number of rotatable bonds is 1. The van der Waals surface area contributed by atoms with Gasteiger partial charge in [0.25, 0.3) is 0 Å². The van der Waals surface area contributed by atoms with Crippen molar-refractivity contribution in [1.82, 2.24) is 10.2 Å². The van der Waals surface area contributed by atoms with Crippen molar-refractivity contribution < 1.29 is 4.79 Å². The Labute approximate surface area is 161 Å². The molecule has 2 aromatic carbocycles. The highest BCUT2D eigenvalue weighted by Gasteiger charge is 2.23. The van der Waals surface area contributed by atoms with Gasteiger partial charge in [-0.15, -0.1) is 0 Å². The summed E-state index contributed by atoms with van der Waals surface area (Å²) in [5.74, 6) is 0.356. The van der Waals surface area contributed by atoms with Crippen LogP contribution in [0.4, 0.5) is 0 Å². The van der Waals surface area contributed by atoms with Crippen molar-refractivity contribution >= 4 is 17.5 Å². The molecule has 0 fully saturated rings. The Morgan fingerprint density at radius 1 is 1.08 bits per heavy atom. The van der Waals surface area contributed by atoms with Gasteiger partial charge in [-0.25, -0.2) is 0 Å². The minimum atomic E-state index is 0.176. The zero-order valence-corrected chi connectivity index (χ0v) is 16.4. The van der Waals surface area contributed by atoms with Gasteiger partial charge >= 0.3 is 0 Å². The number of fused-ring (bicyclic) bond motifs is 2. The van der Waals surface area contributed by atoms with Gasteiger partial charge in [0, 0.05) is 31.1 Å². The van der Waals surface area contributed by atoms with E-state index < -0.39 is 0 Å². The second-order valence-corrected chi connectivity index (χ2v) is 7.66. The molecule has 0 saturated heterocycles. The topological polar surface area (TPSA) is 32.3 Å². The van der Waals surface area contributed by atoms with E-state index in [4.69, 9.17) is 11.6 Å². The number of benzene rings is 2. The zero-order chi connectivity index (χ0) is 18.5. The molecule has 4 heteroatoms. The number of carbonyl (C=O) groups excluding carboxylic acids is 1. The summed E-state index contributed by atoms with van der Waals surface area (Å²) >= 11 is 5.90. The van der Waals surface area contributed by atoms with Crippen molar-refractivity contribution in [3.05, 3.63) is 69.7 Å². The summed E-state index contributed by atoms with van der Waals surface area (Å²) in [6.07, 6.45) is 4.05. The van der Waals surface area contributed by atoms with Crippen LogP contribution in [0, 0.1) is 5.92 Å². The summed E-state index contributed by atoms with van der Waals surface area (Å²) in [5, 5.41) is 3.59. The Bertz CT molecular complexity index is 774. The number of hydrogen-bond acceptors (Lipinski definition) is 2. The summed E-state index contributed by atoms with van der Waals surface area (Å²) in [6.45, 7) is 2.21. The quantitative estimate of drug-likeness (QED) is 0.826. The minimum Gasteiger partial charge on any atom is -0.359 e. The van der Waals surface area contributed by atoms with Crippen molar-refractivity contribution in [1.29, 1.82) is 0 Å². The van der Waals surface area contributed by atoms with Crippen LogP contribution in [0.5, 0.6) is 0 Å². The third-order valence-electron chi connectivity index (χ3n) is 5.34. The molecule has 4 rings (SSSR count). The number of hydrogen-bond donors (Lipinski definition) is 1. The van der Waals surface area contributed by atoms with Crippen molar-refractivity contribution in [2.75, 3.05) is 20.6 Å². The maximum Gasteiger partial charge on any atom is 0.223 e. The predicted molar refractivity (Wildman–Crippen MR) is 108 cm³/mol. The van der Waals surface area contributed by atoms with E-state index in [-0.39, 0.29) is 11.8 Å². The van der Waals surface area contributed by atoms with E-state index in [1.165, 1.54) is 22.3 Å². The maximum atomic E-state index is 11.5. The van der Waals surface area contributed by atoms with E-state index in [1.807, 2.05) is 12.1 Å². The van der Waals surface area contributed by atoms with Gasteiger partial charge in [0.2, 0.25) is 5.91 Å². The number of aryl methyl sites for hydroxylation is 1. The van der Waals surface area contributed by atoms with E-state index >= 15 is 0 Å².